The first-order chi connectivity index (χ1) is 17.9. The molecular weight excluding hydrogens is 527 g/mol. The van der Waals surface area contributed by atoms with Gasteiger partial charge in [0, 0.05) is 24.6 Å². The van der Waals surface area contributed by atoms with Gasteiger partial charge in [-0.15, -0.1) is 0 Å². The van der Waals surface area contributed by atoms with Gasteiger partial charge in [0.1, 0.15) is 23.3 Å². The monoisotopic (exact) mass is 560 g/mol. The van der Waals surface area contributed by atoms with E-state index in [1.54, 1.807) is 26.0 Å². The average Bonchev–Trinajstić information content (AvgIpc) is 2.87. The molecule has 204 valence electrons. The minimum Gasteiger partial charge on any atom is -0.386 e. The number of nitrogens with one attached hydrogen (secondary N) is 2. The molecule has 38 heavy (non-hydrogen) atoms. The molecule has 0 aromatic heterocycles. The Bertz CT molecular complexity index is 1140. The van der Waals surface area contributed by atoms with Crippen molar-refractivity contribution in [2.75, 3.05) is 37.1 Å². The summed E-state index contributed by atoms with van der Waals surface area (Å²) in [7, 11) is 0. The number of nitriles is 2. The Morgan fingerprint density at radius 2 is 1.16 bits per heavy atom. The van der Waals surface area contributed by atoms with Gasteiger partial charge in [-0.2, -0.15) is 10.5 Å². The number of nitrogens with zero attached hydrogens (tertiary/aromatic N) is 2. The van der Waals surface area contributed by atoms with E-state index in [0.717, 1.165) is 35.3 Å². The molecule has 0 radical (unpaired) electrons. The summed E-state index contributed by atoms with van der Waals surface area (Å²) in [6.45, 7) is 9.10. The molecule has 0 aliphatic carbocycles. The van der Waals surface area contributed by atoms with E-state index in [-0.39, 0.29) is 12.1 Å². The number of aliphatic hydroxyl groups is 2. The van der Waals surface area contributed by atoms with E-state index in [0.29, 0.717) is 47.6 Å². The maximum atomic E-state index is 10.3. The Hall–Kier alpha value is -2.56. The van der Waals surface area contributed by atoms with Crippen LogP contribution >= 0.6 is 23.2 Å². The fraction of sp³-hybridized carbons (Fsp3) is 0.500. The van der Waals surface area contributed by atoms with Gasteiger partial charge in [0.15, 0.2) is 0 Å². The quantitative estimate of drug-likeness (QED) is 0.413. The molecule has 2 aromatic rings. The molecule has 2 aliphatic heterocycles. The summed E-state index contributed by atoms with van der Waals surface area (Å²) >= 11 is 12.3. The van der Waals surface area contributed by atoms with E-state index < -0.39 is 11.2 Å². The van der Waals surface area contributed by atoms with Crippen molar-refractivity contribution in [1.82, 2.24) is 0 Å². The molecule has 0 amide bonds. The molecule has 4 unspecified atom stereocenters. The van der Waals surface area contributed by atoms with Crippen LogP contribution in [-0.4, -0.2) is 59.9 Å². The topological polar surface area (TPSA) is 131 Å². The Labute approximate surface area is 234 Å². The molecule has 2 heterocycles. The lowest BCUT2D eigenvalue weighted by Crippen LogP contribution is -2.51. The standard InChI is InChI=1S/2C14H17ClN2O2/c2*1-9-11(4-3-10(7-16)13(9)15)17-12-5-6-19-8-14(12,2)18/h2*3-4,12,17-18H,5-6,8H2,1-2H3. The minimum atomic E-state index is -0.912. The van der Waals surface area contributed by atoms with Crippen molar-refractivity contribution in [3.8, 4) is 12.1 Å². The zero-order valence-corrected chi connectivity index (χ0v) is 23.6. The van der Waals surface area contributed by atoms with Crippen LogP contribution in [0.1, 0.15) is 48.9 Å². The van der Waals surface area contributed by atoms with Crippen molar-refractivity contribution in [2.24, 2.45) is 0 Å². The lowest BCUT2D eigenvalue weighted by atomic mass is 9.92. The molecule has 4 atom stereocenters. The molecule has 2 aliphatic rings. The first-order valence-electron chi connectivity index (χ1n) is 12.4. The number of hydrogen-bond donors (Lipinski definition) is 4. The van der Waals surface area contributed by atoms with Gasteiger partial charge in [-0.3, -0.25) is 0 Å². The molecule has 10 heteroatoms. The zero-order chi connectivity index (χ0) is 28.1. The predicted molar refractivity (Wildman–Crippen MR) is 149 cm³/mol. The Kier molecular flexibility index (Phi) is 9.89. The molecule has 2 saturated heterocycles. The zero-order valence-electron chi connectivity index (χ0n) is 22.1. The smallest absolute Gasteiger partial charge is 0.105 e. The SMILES string of the molecule is Cc1c(NC2CCOCC2(C)O)ccc(C#N)c1Cl.Cc1c(NC2CCOCC2(C)O)ccc(C#N)c1Cl. The van der Waals surface area contributed by atoms with Gasteiger partial charge in [-0.05, 0) is 75.9 Å². The lowest BCUT2D eigenvalue weighted by Gasteiger charge is -2.38. The van der Waals surface area contributed by atoms with Crippen LogP contribution in [0.3, 0.4) is 0 Å². The van der Waals surface area contributed by atoms with E-state index >= 15 is 0 Å². The van der Waals surface area contributed by atoms with Crippen LogP contribution in [0.15, 0.2) is 24.3 Å². The highest BCUT2D eigenvalue weighted by Gasteiger charge is 2.36. The third kappa shape index (κ3) is 6.90. The average molecular weight is 562 g/mol. The second-order valence-electron chi connectivity index (χ2n) is 10.2. The number of anilines is 2. The van der Waals surface area contributed by atoms with Gasteiger partial charge in [-0.1, -0.05) is 23.2 Å². The Balaban J connectivity index is 0.000000211. The molecule has 0 saturated carbocycles. The van der Waals surface area contributed by atoms with Crippen LogP contribution in [0, 0.1) is 36.5 Å². The van der Waals surface area contributed by atoms with E-state index in [4.69, 9.17) is 43.2 Å². The van der Waals surface area contributed by atoms with Crippen LogP contribution in [-0.2, 0) is 9.47 Å². The Morgan fingerprint density at radius 1 is 0.789 bits per heavy atom. The lowest BCUT2D eigenvalue weighted by molar-refractivity contribution is -0.0813. The number of rotatable bonds is 4. The van der Waals surface area contributed by atoms with Crippen molar-refractivity contribution in [3.05, 3.63) is 56.6 Å². The summed E-state index contributed by atoms with van der Waals surface area (Å²) in [4.78, 5) is 0. The highest BCUT2D eigenvalue weighted by molar-refractivity contribution is 6.33. The molecule has 8 nitrogen and oxygen atoms in total. The van der Waals surface area contributed by atoms with Gasteiger partial charge in [0.25, 0.3) is 0 Å². The van der Waals surface area contributed by atoms with Gasteiger partial charge in [0.05, 0.1) is 46.5 Å². The molecular formula is C28H34Cl2N4O4. The van der Waals surface area contributed by atoms with Gasteiger partial charge in [-0.25, -0.2) is 0 Å². The fourth-order valence-corrected chi connectivity index (χ4v) is 4.88. The van der Waals surface area contributed by atoms with Gasteiger partial charge < -0.3 is 30.3 Å². The van der Waals surface area contributed by atoms with Gasteiger partial charge in [0.2, 0.25) is 0 Å². The largest absolute Gasteiger partial charge is 0.386 e. The highest BCUT2D eigenvalue weighted by Crippen LogP contribution is 2.31. The second kappa shape index (κ2) is 12.5. The summed E-state index contributed by atoms with van der Waals surface area (Å²) in [5, 5.41) is 46.0. The third-order valence-electron chi connectivity index (χ3n) is 7.06. The van der Waals surface area contributed by atoms with Crippen molar-refractivity contribution in [2.45, 2.75) is 63.8 Å². The molecule has 2 fully saturated rings. The molecule has 0 bridgehead atoms. The third-order valence-corrected chi connectivity index (χ3v) is 8.04. The Morgan fingerprint density at radius 3 is 1.47 bits per heavy atom. The number of benzene rings is 2. The molecule has 0 spiro atoms. The van der Waals surface area contributed by atoms with E-state index in [9.17, 15) is 10.2 Å². The first-order valence-corrected chi connectivity index (χ1v) is 13.2. The first kappa shape index (κ1) is 30.0. The minimum absolute atomic E-state index is 0.0936. The predicted octanol–water partition coefficient (Wildman–Crippen LogP) is 4.94. The normalized spacial score (nSPS) is 26.8. The van der Waals surface area contributed by atoms with E-state index in [1.165, 1.54) is 0 Å². The van der Waals surface area contributed by atoms with Crippen LogP contribution in [0.4, 0.5) is 11.4 Å². The number of ether oxygens (including phenoxy) is 2. The van der Waals surface area contributed by atoms with Crippen molar-refractivity contribution in [3.63, 3.8) is 0 Å². The summed E-state index contributed by atoms with van der Waals surface area (Å²) in [5.41, 5.74) is 2.43. The van der Waals surface area contributed by atoms with Crippen LogP contribution in [0.2, 0.25) is 10.0 Å². The summed E-state index contributed by atoms with van der Waals surface area (Å²) in [6.07, 6.45) is 1.45. The molecule has 4 N–H and O–H groups in total. The van der Waals surface area contributed by atoms with E-state index in [1.807, 2.05) is 26.0 Å². The number of halogens is 2. The maximum Gasteiger partial charge on any atom is 0.105 e. The number of hydrogen-bond acceptors (Lipinski definition) is 8. The maximum absolute atomic E-state index is 10.3. The van der Waals surface area contributed by atoms with Crippen molar-refractivity contribution < 1.29 is 19.7 Å². The highest BCUT2D eigenvalue weighted by atomic mass is 35.5. The van der Waals surface area contributed by atoms with Crippen molar-refractivity contribution in [1.29, 1.82) is 10.5 Å². The van der Waals surface area contributed by atoms with Crippen LogP contribution in [0.25, 0.3) is 0 Å². The van der Waals surface area contributed by atoms with Crippen molar-refractivity contribution >= 4 is 34.6 Å². The van der Waals surface area contributed by atoms with E-state index in [2.05, 4.69) is 22.8 Å². The summed E-state index contributed by atoms with van der Waals surface area (Å²) in [5.74, 6) is 0. The molecule has 2 aromatic carbocycles. The van der Waals surface area contributed by atoms with Crippen LogP contribution in [0.5, 0.6) is 0 Å². The fourth-order valence-electron chi connectivity index (χ4n) is 4.47. The summed E-state index contributed by atoms with van der Waals surface area (Å²) in [6, 6.07) is 10.9. The summed E-state index contributed by atoms with van der Waals surface area (Å²) < 4.78 is 10.6. The molecule has 4 rings (SSSR count). The van der Waals surface area contributed by atoms with Gasteiger partial charge >= 0.3 is 0 Å². The second-order valence-corrected chi connectivity index (χ2v) is 11.0. The van der Waals surface area contributed by atoms with Crippen LogP contribution < -0.4 is 10.6 Å².